The quantitative estimate of drug-likeness (QED) is 0.208. The van der Waals surface area contributed by atoms with Gasteiger partial charge in [-0.05, 0) is 18.9 Å². The van der Waals surface area contributed by atoms with Crippen molar-refractivity contribution in [3.05, 3.63) is 22.7 Å². The van der Waals surface area contributed by atoms with E-state index in [1.54, 1.807) is 5.48 Å². The first-order valence-corrected chi connectivity index (χ1v) is 11.8. The number of ether oxygens (including phenoxy) is 1. The van der Waals surface area contributed by atoms with Gasteiger partial charge in [0, 0.05) is 6.20 Å². The first-order chi connectivity index (χ1) is 12.8. The monoisotopic (exact) mass is 467 g/mol. The smallest absolute Gasteiger partial charge is 0.352 e. The topological polar surface area (TPSA) is 236 Å². The molecule has 1 saturated heterocycles. The van der Waals surface area contributed by atoms with E-state index in [2.05, 4.69) is 18.1 Å². The van der Waals surface area contributed by atoms with Gasteiger partial charge >= 0.3 is 29.2 Å². The van der Waals surface area contributed by atoms with Crippen LogP contribution in [0.2, 0.25) is 0 Å². The molecule has 19 heteroatoms. The number of hydrogen-bond donors (Lipinski definition) is 6. The molecule has 28 heavy (non-hydrogen) atoms. The minimum atomic E-state index is -5.59. The Morgan fingerprint density at radius 3 is 2.43 bits per heavy atom. The van der Waals surface area contributed by atoms with E-state index in [9.17, 15) is 23.4 Å². The van der Waals surface area contributed by atoms with Crippen LogP contribution in [0.1, 0.15) is 19.1 Å². The third-order valence-corrected chi connectivity index (χ3v) is 6.98. The molecule has 16 nitrogen and oxygen atoms in total. The molecule has 0 amide bonds. The maximum atomic E-state index is 11.8. The molecule has 160 valence electrons. The Labute approximate surface area is 156 Å². The van der Waals surface area contributed by atoms with Gasteiger partial charge in [0.1, 0.15) is 6.23 Å². The van der Waals surface area contributed by atoms with Gasteiger partial charge < -0.3 is 24.3 Å². The normalized spacial score (nSPS) is 24.5. The molecule has 4 atom stereocenters. The van der Waals surface area contributed by atoms with Crippen LogP contribution < -0.4 is 11.2 Å². The van der Waals surface area contributed by atoms with E-state index >= 15 is 0 Å². The number of hydrogen-bond acceptors (Lipinski definition) is 11. The highest BCUT2D eigenvalue weighted by Gasteiger charge is 2.41. The maximum absolute atomic E-state index is 11.8. The predicted octanol–water partition coefficient (Wildman–Crippen LogP) is 0.0653. The van der Waals surface area contributed by atoms with Crippen LogP contribution in [0.15, 0.2) is 17.1 Å². The lowest BCUT2D eigenvalue weighted by Crippen LogP contribution is -2.27. The number of rotatable bonds is 9. The lowest BCUT2D eigenvalue weighted by Gasteiger charge is -2.18. The summed E-state index contributed by atoms with van der Waals surface area (Å²) in [5.74, 6) is -0.0801. The van der Waals surface area contributed by atoms with Crippen molar-refractivity contribution in [2.45, 2.75) is 25.2 Å². The number of phosphoric ester groups is 1. The van der Waals surface area contributed by atoms with Gasteiger partial charge in [-0.3, -0.25) is 19.8 Å². The second-order valence-electron chi connectivity index (χ2n) is 5.29. The molecule has 0 radical (unpaired) electrons. The molecular formula is C9H16N3O13P3. The summed E-state index contributed by atoms with van der Waals surface area (Å²) in [5, 5.41) is 8.69. The molecule has 0 aromatic carbocycles. The van der Waals surface area contributed by atoms with Crippen molar-refractivity contribution in [3.8, 4) is 0 Å². The van der Waals surface area contributed by atoms with Crippen LogP contribution in [0.25, 0.3) is 0 Å². The lowest BCUT2D eigenvalue weighted by atomic mass is 10.2. The number of phosphoric acid groups is 3. The van der Waals surface area contributed by atoms with Gasteiger partial charge in [0.25, 0.3) is 0 Å². The third-order valence-electron chi connectivity index (χ3n) is 3.18. The first-order valence-electron chi connectivity index (χ1n) is 7.23. The molecule has 0 bridgehead atoms. The standard InChI is InChI=1S/C9H16N3O13P3/c13-9-10-7(11-14)3-4-12(9)8-2-1-6(23-8)5-22-27(18,19)25-28(20,21)24-26(15,16)17/h3-4,6,8,14H,1-2,5H2,(H,18,19)(H,20,21)(H,10,11,13)(H2,15,16,17)/t6-,8+/m0/s1. The largest absolute Gasteiger partial charge is 0.490 e. The third kappa shape index (κ3) is 7.12. The summed E-state index contributed by atoms with van der Waals surface area (Å²) in [7, 11) is -16.3. The number of nitrogens with zero attached hydrogens (tertiary/aromatic N) is 2. The van der Waals surface area contributed by atoms with Crippen LogP contribution in [0.5, 0.6) is 0 Å². The number of aromatic nitrogens is 2. The van der Waals surface area contributed by atoms with Crippen molar-refractivity contribution < 1.29 is 56.4 Å². The molecule has 2 rings (SSSR count). The molecule has 6 N–H and O–H groups in total. The van der Waals surface area contributed by atoms with E-state index in [0.29, 0.717) is 0 Å². The summed E-state index contributed by atoms with van der Waals surface area (Å²) in [5.41, 5.74) is 0.965. The molecule has 1 fully saturated rings. The van der Waals surface area contributed by atoms with Gasteiger partial charge in [0.2, 0.25) is 0 Å². The molecule has 1 aromatic rings. The molecule has 0 aliphatic carbocycles. The molecule has 2 heterocycles. The first kappa shape index (κ1) is 23.3. The van der Waals surface area contributed by atoms with Crippen molar-refractivity contribution in [1.29, 1.82) is 0 Å². The Morgan fingerprint density at radius 2 is 1.86 bits per heavy atom. The molecule has 1 aromatic heterocycles. The average Bonchev–Trinajstić information content (AvgIpc) is 2.98. The highest BCUT2D eigenvalue weighted by Crippen LogP contribution is 2.66. The number of nitrogens with one attached hydrogen (secondary N) is 1. The van der Waals surface area contributed by atoms with Gasteiger partial charge in [-0.1, -0.05) is 0 Å². The predicted molar refractivity (Wildman–Crippen MR) is 86.9 cm³/mol. The second kappa shape index (κ2) is 8.79. The molecule has 2 unspecified atom stereocenters. The zero-order chi connectivity index (χ0) is 21.2. The molecule has 0 spiro atoms. The molecular weight excluding hydrogens is 451 g/mol. The van der Waals surface area contributed by atoms with Crippen molar-refractivity contribution in [2.24, 2.45) is 0 Å². The fourth-order valence-corrected chi connectivity index (χ4v) is 5.24. The van der Waals surface area contributed by atoms with Crippen LogP contribution in [0.4, 0.5) is 5.82 Å². The van der Waals surface area contributed by atoms with Gasteiger partial charge in [0.05, 0.1) is 12.7 Å². The van der Waals surface area contributed by atoms with Crippen LogP contribution in [0.3, 0.4) is 0 Å². The zero-order valence-corrected chi connectivity index (χ0v) is 16.4. The molecule has 1 aliphatic heterocycles. The summed E-state index contributed by atoms with van der Waals surface area (Å²) in [6, 6.07) is 1.30. The Bertz CT molecular complexity index is 899. The summed E-state index contributed by atoms with van der Waals surface area (Å²) in [4.78, 5) is 50.7. The Morgan fingerprint density at radius 1 is 1.18 bits per heavy atom. The van der Waals surface area contributed by atoms with Crippen LogP contribution in [-0.2, 0) is 31.6 Å². The van der Waals surface area contributed by atoms with Gasteiger partial charge in [-0.2, -0.15) is 13.6 Å². The van der Waals surface area contributed by atoms with Crippen molar-refractivity contribution >= 4 is 29.3 Å². The Kier molecular flexibility index (Phi) is 7.32. The fourth-order valence-electron chi connectivity index (χ4n) is 2.19. The van der Waals surface area contributed by atoms with E-state index in [1.807, 2.05) is 0 Å². The lowest BCUT2D eigenvalue weighted by molar-refractivity contribution is -0.0242. The van der Waals surface area contributed by atoms with Gasteiger partial charge in [-0.15, -0.1) is 0 Å². The van der Waals surface area contributed by atoms with E-state index in [4.69, 9.17) is 24.6 Å². The minimum absolute atomic E-state index is 0.0801. The molecule has 0 saturated carbocycles. The van der Waals surface area contributed by atoms with Crippen molar-refractivity contribution in [1.82, 2.24) is 9.55 Å². The van der Waals surface area contributed by atoms with Crippen LogP contribution >= 0.6 is 23.5 Å². The fraction of sp³-hybridized carbons (Fsp3) is 0.556. The Hall–Kier alpha value is -0.990. The van der Waals surface area contributed by atoms with Gasteiger partial charge in [0.15, 0.2) is 5.82 Å². The zero-order valence-electron chi connectivity index (χ0n) is 13.7. The molecule has 1 aliphatic rings. The highest BCUT2D eigenvalue weighted by atomic mass is 31.3. The summed E-state index contributed by atoms with van der Waals surface area (Å²) in [6.07, 6.45) is 0.230. The summed E-state index contributed by atoms with van der Waals surface area (Å²) < 4.78 is 51.6. The second-order valence-corrected chi connectivity index (χ2v) is 9.71. The minimum Gasteiger partial charge on any atom is -0.352 e. The van der Waals surface area contributed by atoms with E-state index in [0.717, 1.165) is 4.57 Å². The maximum Gasteiger partial charge on any atom is 0.490 e. The van der Waals surface area contributed by atoms with Gasteiger partial charge in [-0.25, -0.2) is 18.5 Å². The summed E-state index contributed by atoms with van der Waals surface area (Å²) in [6.45, 7) is -0.612. The van der Waals surface area contributed by atoms with Crippen LogP contribution in [-0.4, -0.2) is 47.0 Å². The average molecular weight is 467 g/mol. The van der Waals surface area contributed by atoms with E-state index in [-0.39, 0.29) is 18.7 Å². The van der Waals surface area contributed by atoms with E-state index < -0.39 is 48.1 Å². The Balaban J connectivity index is 1.92. The SMILES string of the molecule is O=c1nc(NO)ccn1[C@H]1CC[C@@H](COP(=O)(O)OP(=O)(O)OP(=O)(O)O)O1. The van der Waals surface area contributed by atoms with Crippen molar-refractivity contribution in [3.63, 3.8) is 0 Å². The van der Waals surface area contributed by atoms with E-state index in [1.165, 1.54) is 12.3 Å². The van der Waals surface area contributed by atoms with Crippen LogP contribution in [0, 0.1) is 0 Å². The summed E-state index contributed by atoms with van der Waals surface area (Å²) >= 11 is 0. The highest BCUT2D eigenvalue weighted by molar-refractivity contribution is 7.66. The number of anilines is 1. The van der Waals surface area contributed by atoms with Crippen molar-refractivity contribution in [2.75, 3.05) is 12.1 Å².